The molecule has 0 saturated heterocycles. The monoisotopic (exact) mass is 365 g/mol. The van der Waals surface area contributed by atoms with Gasteiger partial charge in [0, 0.05) is 18.6 Å². The number of rotatable bonds is 3. The van der Waals surface area contributed by atoms with Gasteiger partial charge in [-0.1, -0.05) is 12.5 Å². The first-order valence-electron chi connectivity index (χ1n) is 10.0. The van der Waals surface area contributed by atoms with Gasteiger partial charge in [-0.15, -0.1) is 0 Å². The van der Waals surface area contributed by atoms with Crippen molar-refractivity contribution in [3.63, 3.8) is 0 Å². The van der Waals surface area contributed by atoms with Gasteiger partial charge in [0.2, 0.25) is 0 Å². The molecule has 3 aliphatic rings. The summed E-state index contributed by atoms with van der Waals surface area (Å²) in [5.74, 6) is 2.50. The van der Waals surface area contributed by atoms with Gasteiger partial charge in [0.1, 0.15) is 5.75 Å². The number of ether oxygens (including phenoxy) is 2. The molecule has 142 valence electrons. The summed E-state index contributed by atoms with van der Waals surface area (Å²) in [6, 6.07) is 11.4. The molecular formula is C23H27NO3. The third-order valence-electron chi connectivity index (χ3n) is 6.88. The summed E-state index contributed by atoms with van der Waals surface area (Å²) in [6.07, 6.45) is 5.93. The molecule has 1 unspecified atom stereocenters. The van der Waals surface area contributed by atoms with E-state index in [4.69, 9.17) is 9.47 Å². The van der Waals surface area contributed by atoms with Gasteiger partial charge in [0.05, 0.1) is 14.2 Å². The molecule has 1 aliphatic carbocycles. The van der Waals surface area contributed by atoms with E-state index >= 15 is 0 Å². The van der Waals surface area contributed by atoms with E-state index in [9.17, 15) is 5.11 Å². The second-order valence-corrected chi connectivity index (χ2v) is 8.13. The maximum Gasteiger partial charge on any atom is 0.160 e. The van der Waals surface area contributed by atoms with Crippen LogP contribution in [0, 0.1) is 5.92 Å². The predicted molar refractivity (Wildman–Crippen MR) is 105 cm³/mol. The Morgan fingerprint density at radius 2 is 1.85 bits per heavy atom. The summed E-state index contributed by atoms with van der Waals surface area (Å²) in [5.41, 5.74) is 5.47. The summed E-state index contributed by atoms with van der Waals surface area (Å²) in [4.78, 5) is 2.72. The zero-order chi connectivity index (χ0) is 18.5. The van der Waals surface area contributed by atoms with E-state index in [2.05, 4.69) is 29.2 Å². The Bertz CT molecular complexity index is 874. The molecule has 4 heteroatoms. The molecule has 2 atom stereocenters. The van der Waals surface area contributed by atoms with Crippen molar-refractivity contribution >= 4 is 0 Å². The van der Waals surface area contributed by atoms with E-state index in [1.54, 1.807) is 14.2 Å². The smallest absolute Gasteiger partial charge is 0.160 e. The highest BCUT2D eigenvalue weighted by Crippen LogP contribution is 2.52. The Balaban J connectivity index is 1.61. The van der Waals surface area contributed by atoms with E-state index in [1.807, 2.05) is 6.07 Å². The maximum atomic E-state index is 10.4. The number of hydrogen-bond acceptors (Lipinski definition) is 4. The largest absolute Gasteiger partial charge is 0.504 e. The molecule has 0 amide bonds. The van der Waals surface area contributed by atoms with Crippen molar-refractivity contribution in [2.24, 2.45) is 5.92 Å². The van der Waals surface area contributed by atoms with Gasteiger partial charge in [-0.05, 0) is 78.1 Å². The first kappa shape index (κ1) is 16.9. The van der Waals surface area contributed by atoms with Crippen LogP contribution in [0.4, 0.5) is 0 Å². The molecule has 2 aliphatic heterocycles. The Kier molecular flexibility index (Phi) is 4.05. The fourth-order valence-corrected chi connectivity index (χ4v) is 5.31. The summed E-state index contributed by atoms with van der Waals surface area (Å²) < 4.78 is 10.9. The lowest BCUT2D eigenvalue weighted by Gasteiger charge is -2.51. The van der Waals surface area contributed by atoms with Crippen LogP contribution >= 0.6 is 0 Å². The molecule has 1 N–H and O–H groups in total. The van der Waals surface area contributed by atoms with Gasteiger partial charge >= 0.3 is 0 Å². The number of benzene rings is 2. The fraction of sp³-hybridized carbons (Fsp3) is 0.478. The second-order valence-electron chi connectivity index (χ2n) is 8.13. The Hall–Kier alpha value is -2.20. The number of hydrogen-bond donors (Lipinski definition) is 1. The van der Waals surface area contributed by atoms with Crippen LogP contribution in [0.2, 0.25) is 0 Å². The average molecular weight is 365 g/mol. The van der Waals surface area contributed by atoms with Crippen molar-refractivity contribution in [2.45, 2.75) is 44.2 Å². The van der Waals surface area contributed by atoms with Gasteiger partial charge in [0.15, 0.2) is 11.5 Å². The number of nitrogens with zero attached hydrogens (tertiary/aromatic N) is 1. The molecule has 0 bridgehead atoms. The summed E-state index contributed by atoms with van der Waals surface area (Å²) >= 11 is 0. The zero-order valence-corrected chi connectivity index (χ0v) is 16.1. The van der Waals surface area contributed by atoms with Gasteiger partial charge in [-0.3, -0.25) is 4.90 Å². The quantitative estimate of drug-likeness (QED) is 0.875. The fourth-order valence-electron chi connectivity index (χ4n) is 5.31. The molecule has 1 saturated carbocycles. The van der Waals surface area contributed by atoms with Crippen molar-refractivity contribution in [1.29, 1.82) is 0 Å². The van der Waals surface area contributed by atoms with Gasteiger partial charge < -0.3 is 14.6 Å². The summed E-state index contributed by atoms with van der Waals surface area (Å²) in [5, 5.41) is 10.4. The lowest BCUT2D eigenvalue weighted by molar-refractivity contribution is 0.0379. The lowest BCUT2D eigenvalue weighted by atomic mass is 9.70. The summed E-state index contributed by atoms with van der Waals surface area (Å²) in [6.45, 7) is 1.08. The van der Waals surface area contributed by atoms with Crippen LogP contribution in [0.15, 0.2) is 30.3 Å². The van der Waals surface area contributed by atoms with E-state index in [-0.39, 0.29) is 5.75 Å². The van der Waals surface area contributed by atoms with Gasteiger partial charge in [-0.2, -0.15) is 0 Å². The molecule has 2 aromatic carbocycles. The first-order chi connectivity index (χ1) is 13.2. The predicted octanol–water partition coefficient (Wildman–Crippen LogP) is 4.41. The topological polar surface area (TPSA) is 41.9 Å². The van der Waals surface area contributed by atoms with Crippen molar-refractivity contribution in [1.82, 2.24) is 4.90 Å². The third-order valence-corrected chi connectivity index (χ3v) is 6.88. The molecule has 5 rings (SSSR count). The minimum Gasteiger partial charge on any atom is -0.504 e. The Morgan fingerprint density at radius 3 is 2.56 bits per heavy atom. The molecule has 1 fully saturated rings. The minimum atomic E-state index is 0.253. The highest BCUT2D eigenvalue weighted by Gasteiger charge is 2.43. The third kappa shape index (κ3) is 2.61. The van der Waals surface area contributed by atoms with Crippen LogP contribution in [-0.4, -0.2) is 30.8 Å². The van der Waals surface area contributed by atoms with E-state index < -0.39 is 0 Å². The number of fused-ring (bicyclic) bond motifs is 4. The van der Waals surface area contributed by atoms with Crippen LogP contribution in [0.3, 0.4) is 0 Å². The van der Waals surface area contributed by atoms with E-state index in [0.717, 1.165) is 25.1 Å². The van der Waals surface area contributed by atoms with Crippen LogP contribution in [0.1, 0.15) is 53.6 Å². The molecule has 2 aromatic rings. The molecule has 0 aromatic heterocycles. The van der Waals surface area contributed by atoms with Crippen LogP contribution < -0.4 is 9.47 Å². The van der Waals surface area contributed by atoms with Crippen molar-refractivity contribution in [2.75, 3.05) is 20.8 Å². The van der Waals surface area contributed by atoms with Crippen LogP contribution in [-0.2, 0) is 12.8 Å². The zero-order valence-electron chi connectivity index (χ0n) is 16.1. The Labute approximate surface area is 160 Å². The van der Waals surface area contributed by atoms with Gasteiger partial charge in [0.25, 0.3) is 0 Å². The number of phenols is 1. The molecular weight excluding hydrogens is 338 g/mol. The SMILES string of the molecule is COc1ccc2c(c1)CCN1C(C3CCC3)c3cc(OC)c(O)cc3C[C@@H]21. The lowest BCUT2D eigenvalue weighted by Crippen LogP contribution is -2.46. The van der Waals surface area contributed by atoms with E-state index in [0.29, 0.717) is 23.8 Å². The number of aromatic hydroxyl groups is 1. The van der Waals surface area contributed by atoms with E-state index in [1.165, 1.54) is 41.5 Å². The second kappa shape index (κ2) is 6.45. The number of phenolic OH excluding ortho intramolecular Hbond substituents is 1. The highest BCUT2D eigenvalue weighted by atomic mass is 16.5. The minimum absolute atomic E-state index is 0.253. The standard InChI is InChI=1S/C23H27NO3/c1-26-17-6-7-18-15(10-17)8-9-24-20(18)11-16-12-21(25)22(27-2)13-19(16)23(24)14-4-3-5-14/h6-7,10,12-14,20,23,25H,3-5,8-9,11H2,1-2H3/t20-,23?/m0/s1. The van der Waals surface area contributed by atoms with Crippen LogP contribution in [0.5, 0.6) is 17.2 Å². The molecule has 27 heavy (non-hydrogen) atoms. The average Bonchev–Trinajstić information content (AvgIpc) is 2.65. The molecule has 4 nitrogen and oxygen atoms in total. The van der Waals surface area contributed by atoms with Crippen LogP contribution in [0.25, 0.3) is 0 Å². The number of methoxy groups -OCH3 is 2. The molecule has 0 spiro atoms. The van der Waals surface area contributed by atoms with Crippen molar-refractivity contribution < 1.29 is 14.6 Å². The highest BCUT2D eigenvalue weighted by molar-refractivity contribution is 5.51. The van der Waals surface area contributed by atoms with Crippen molar-refractivity contribution in [3.8, 4) is 17.2 Å². The molecule has 0 radical (unpaired) electrons. The Morgan fingerprint density at radius 1 is 1.00 bits per heavy atom. The maximum absolute atomic E-state index is 10.4. The first-order valence-corrected chi connectivity index (χ1v) is 10.0. The summed E-state index contributed by atoms with van der Waals surface area (Å²) in [7, 11) is 3.37. The normalized spacial score (nSPS) is 24.4. The van der Waals surface area contributed by atoms with Gasteiger partial charge in [-0.25, -0.2) is 0 Å². The molecule has 2 heterocycles. The van der Waals surface area contributed by atoms with Crippen molar-refractivity contribution in [3.05, 3.63) is 52.6 Å².